The molecule has 2 aromatic rings. The van der Waals surface area contributed by atoms with E-state index in [1.807, 2.05) is 0 Å². The molecule has 7 heteroatoms. The van der Waals surface area contributed by atoms with Crippen molar-refractivity contribution in [2.24, 2.45) is 0 Å². The fourth-order valence-electron chi connectivity index (χ4n) is 1.49. The third-order valence-electron chi connectivity index (χ3n) is 2.44. The molecule has 0 radical (unpaired) electrons. The Morgan fingerprint density at radius 1 is 1.11 bits per heavy atom. The van der Waals surface area contributed by atoms with E-state index < -0.39 is 21.5 Å². The highest BCUT2D eigenvalue weighted by molar-refractivity contribution is 7.85. The lowest BCUT2D eigenvalue weighted by molar-refractivity contribution is -0.384. The van der Waals surface area contributed by atoms with E-state index in [1.54, 1.807) is 0 Å². The number of rotatable bonds is 3. The highest BCUT2D eigenvalue weighted by Gasteiger charge is 2.15. The number of halogens is 1. The number of nitrogens with two attached hydrogens (primary N) is 1. The molecule has 0 saturated heterocycles. The first-order valence-electron chi connectivity index (χ1n) is 5.20. The molecule has 0 heterocycles. The second-order valence-electron chi connectivity index (χ2n) is 3.70. The normalized spacial score (nSPS) is 12.1. The lowest BCUT2D eigenvalue weighted by Gasteiger charge is -2.03. The first-order valence-corrected chi connectivity index (χ1v) is 6.35. The van der Waals surface area contributed by atoms with Gasteiger partial charge in [0, 0.05) is 11.0 Å². The summed E-state index contributed by atoms with van der Waals surface area (Å²) in [6, 6.07) is 9.03. The number of nitrogen functional groups attached to an aromatic ring is 1. The zero-order valence-corrected chi connectivity index (χ0v) is 10.4. The highest BCUT2D eigenvalue weighted by Crippen LogP contribution is 2.26. The number of nitro groups is 1. The van der Waals surface area contributed by atoms with E-state index in [0.717, 1.165) is 6.07 Å². The molecule has 2 aromatic carbocycles. The Labute approximate surface area is 110 Å². The third-order valence-corrected chi connectivity index (χ3v) is 3.82. The number of benzene rings is 2. The Morgan fingerprint density at radius 2 is 1.68 bits per heavy atom. The number of nitro benzene ring substituents is 1. The molecule has 0 bridgehead atoms. The Balaban J connectivity index is 2.42. The number of anilines is 1. The van der Waals surface area contributed by atoms with Crippen molar-refractivity contribution < 1.29 is 13.5 Å². The van der Waals surface area contributed by atoms with Gasteiger partial charge in [-0.2, -0.15) is 0 Å². The molecule has 0 spiro atoms. The quantitative estimate of drug-likeness (QED) is 0.531. The van der Waals surface area contributed by atoms with Gasteiger partial charge in [0.2, 0.25) is 0 Å². The van der Waals surface area contributed by atoms with Gasteiger partial charge in [0.05, 0.1) is 20.6 Å². The molecule has 0 fully saturated rings. The van der Waals surface area contributed by atoms with Crippen LogP contribution in [0.3, 0.4) is 0 Å². The van der Waals surface area contributed by atoms with Crippen LogP contribution in [0.2, 0.25) is 0 Å². The number of hydrogen-bond acceptors (Lipinski definition) is 4. The lowest BCUT2D eigenvalue weighted by atomic mass is 10.3. The largest absolute Gasteiger partial charge is 0.393 e. The summed E-state index contributed by atoms with van der Waals surface area (Å²) in [4.78, 5) is 10.7. The van der Waals surface area contributed by atoms with Crippen LogP contribution in [0.1, 0.15) is 0 Å². The molecule has 0 aliphatic carbocycles. The molecule has 0 saturated carbocycles. The van der Waals surface area contributed by atoms with E-state index >= 15 is 0 Å². The van der Waals surface area contributed by atoms with Crippen molar-refractivity contribution in [3.05, 3.63) is 58.4 Å². The molecule has 98 valence electrons. The van der Waals surface area contributed by atoms with Crippen LogP contribution in [-0.2, 0) is 10.8 Å². The molecular formula is C12H9FN2O3S. The van der Waals surface area contributed by atoms with Crippen molar-refractivity contribution in [3.63, 3.8) is 0 Å². The van der Waals surface area contributed by atoms with Crippen molar-refractivity contribution in [3.8, 4) is 0 Å². The van der Waals surface area contributed by atoms with E-state index in [9.17, 15) is 18.7 Å². The summed E-state index contributed by atoms with van der Waals surface area (Å²) in [6.45, 7) is 0. The fraction of sp³-hybridized carbons (Fsp3) is 0. The van der Waals surface area contributed by atoms with Crippen LogP contribution in [0, 0.1) is 15.9 Å². The molecule has 1 atom stereocenters. The summed E-state index contributed by atoms with van der Waals surface area (Å²) >= 11 is 0. The summed E-state index contributed by atoms with van der Waals surface area (Å²) in [5, 5.41) is 10.8. The first kappa shape index (κ1) is 13.2. The lowest BCUT2D eigenvalue weighted by Crippen LogP contribution is -1.99. The maximum absolute atomic E-state index is 12.8. The Hall–Kier alpha value is -2.28. The first-order chi connectivity index (χ1) is 8.99. The molecule has 0 aliphatic heterocycles. The Bertz CT molecular complexity index is 659. The average molecular weight is 280 g/mol. The van der Waals surface area contributed by atoms with Gasteiger partial charge in [-0.1, -0.05) is 0 Å². The van der Waals surface area contributed by atoms with Crippen molar-refractivity contribution in [1.29, 1.82) is 0 Å². The fourth-order valence-corrected chi connectivity index (χ4v) is 2.56. The summed E-state index contributed by atoms with van der Waals surface area (Å²) in [5.74, 6) is -0.441. The molecule has 2 rings (SSSR count). The second kappa shape index (κ2) is 5.15. The van der Waals surface area contributed by atoms with E-state index in [0.29, 0.717) is 4.90 Å². The SMILES string of the molecule is Nc1ccc(S(=O)c2ccc(F)cc2)cc1[N+](=O)[O-]. The number of hydrogen-bond donors (Lipinski definition) is 1. The maximum Gasteiger partial charge on any atom is 0.293 e. The van der Waals surface area contributed by atoms with Gasteiger partial charge < -0.3 is 5.73 Å². The van der Waals surface area contributed by atoms with Gasteiger partial charge in [-0.3, -0.25) is 10.1 Å². The monoisotopic (exact) mass is 280 g/mol. The standard InChI is InChI=1S/C12H9FN2O3S/c13-8-1-3-9(4-2-8)19(18)10-5-6-11(14)12(7-10)15(16)17/h1-7H,14H2. The van der Waals surface area contributed by atoms with Crippen molar-refractivity contribution in [1.82, 2.24) is 0 Å². The minimum atomic E-state index is -1.62. The molecule has 0 amide bonds. The van der Waals surface area contributed by atoms with Gasteiger partial charge in [-0.15, -0.1) is 0 Å². The van der Waals surface area contributed by atoms with Gasteiger partial charge >= 0.3 is 0 Å². The third kappa shape index (κ3) is 2.76. The highest BCUT2D eigenvalue weighted by atomic mass is 32.2. The van der Waals surface area contributed by atoms with Crippen LogP contribution >= 0.6 is 0 Å². The molecule has 0 aromatic heterocycles. The summed E-state index contributed by atoms with van der Waals surface area (Å²) in [6.07, 6.45) is 0. The zero-order valence-electron chi connectivity index (χ0n) is 9.58. The second-order valence-corrected chi connectivity index (χ2v) is 5.18. The molecule has 19 heavy (non-hydrogen) atoms. The molecule has 0 aliphatic rings. The minimum Gasteiger partial charge on any atom is -0.393 e. The van der Waals surface area contributed by atoms with Crippen LogP contribution in [0.25, 0.3) is 0 Å². The van der Waals surface area contributed by atoms with Crippen LogP contribution in [-0.4, -0.2) is 9.13 Å². The van der Waals surface area contributed by atoms with Gasteiger partial charge in [0.15, 0.2) is 0 Å². The van der Waals surface area contributed by atoms with E-state index in [1.165, 1.54) is 36.4 Å². The number of nitrogens with zero attached hydrogens (tertiary/aromatic N) is 1. The van der Waals surface area contributed by atoms with Crippen molar-refractivity contribution in [2.75, 3.05) is 5.73 Å². The van der Waals surface area contributed by atoms with Crippen LogP contribution in [0.5, 0.6) is 0 Å². The molecule has 1 unspecified atom stereocenters. The summed E-state index contributed by atoms with van der Waals surface area (Å²) in [5.41, 5.74) is 5.17. The van der Waals surface area contributed by atoms with Gasteiger partial charge in [0.25, 0.3) is 5.69 Å². The Morgan fingerprint density at radius 3 is 2.26 bits per heavy atom. The van der Waals surface area contributed by atoms with Gasteiger partial charge in [-0.25, -0.2) is 8.60 Å². The smallest absolute Gasteiger partial charge is 0.293 e. The van der Waals surface area contributed by atoms with Crippen LogP contribution in [0.4, 0.5) is 15.8 Å². The Kier molecular flexibility index (Phi) is 3.57. The van der Waals surface area contributed by atoms with E-state index in [2.05, 4.69) is 0 Å². The zero-order chi connectivity index (χ0) is 14.0. The minimum absolute atomic E-state index is 0.00450. The topological polar surface area (TPSA) is 86.2 Å². The summed E-state index contributed by atoms with van der Waals surface area (Å²) in [7, 11) is -1.62. The van der Waals surface area contributed by atoms with E-state index in [-0.39, 0.29) is 16.3 Å². The molecular weight excluding hydrogens is 271 g/mol. The predicted octanol–water partition coefficient (Wildman–Crippen LogP) is 2.48. The average Bonchev–Trinajstić information content (AvgIpc) is 2.39. The van der Waals surface area contributed by atoms with Crippen LogP contribution < -0.4 is 5.73 Å². The predicted molar refractivity (Wildman–Crippen MR) is 68.6 cm³/mol. The van der Waals surface area contributed by atoms with E-state index in [4.69, 9.17) is 5.73 Å². The molecule has 5 nitrogen and oxygen atoms in total. The molecule has 2 N–H and O–H groups in total. The van der Waals surface area contributed by atoms with Crippen molar-refractivity contribution in [2.45, 2.75) is 9.79 Å². The summed E-state index contributed by atoms with van der Waals surface area (Å²) < 4.78 is 24.9. The van der Waals surface area contributed by atoms with Gasteiger partial charge in [-0.05, 0) is 36.4 Å². The van der Waals surface area contributed by atoms with Crippen LogP contribution in [0.15, 0.2) is 52.3 Å². The van der Waals surface area contributed by atoms with Gasteiger partial charge in [0.1, 0.15) is 11.5 Å². The maximum atomic E-state index is 12.8. The van der Waals surface area contributed by atoms with Crippen molar-refractivity contribution >= 4 is 22.2 Å².